The van der Waals surface area contributed by atoms with Crippen LogP contribution in [0.2, 0.25) is 0 Å². The first-order valence-electron chi connectivity index (χ1n) is 4.75. The van der Waals surface area contributed by atoms with Crippen molar-refractivity contribution in [1.82, 2.24) is 4.72 Å². The molecule has 0 aromatic carbocycles. The maximum atomic E-state index is 11.3. The van der Waals surface area contributed by atoms with E-state index in [-0.39, 0.29) is 18.4 Å². The van der Waals surface area contributed by atoms with Crippen LogP contribution in [0.4, 0.5) is 0 Å². The third kappa shape index (κ3) is 4.06. The molecule has 78 valence electrons. The Kier molecular flexibility index (Phi) is 4.15. The number of hydrogen-bond donors (Lipinski definition) is 2. The molecule has 13 heavy (non-hydrogen) atoms. The van der Waals surface area contributed by atoms with Crippen molar-refractivity contribution in [3.05, 3.63) is 0 Å². The summed E-state index contributed by atoms with van der Waals surface area (Å²) in [6.45, 7) is -0.0639. The first-order chi connectivity index (χ1) is 6.14. The Morgan fingerprint density at radius 1 is 1.31 bits per heavy atom. The fourth-order valence-electron chi connectivity index (χ4n) is 1.61. The Labute approximate surface area is 79.4 Å². The first-order valence-corrected chi connectivity index (χ1v) is 6.40. The van der Waals surface area contributed by atoms with Crippen molar-refractivity contribution in [3.63, 3.8) is 0 Å². The van der Waals surface area contributed by atoms with E-state index < -0.39 is 10.0 Å². The van der Waals surface area contributed by atoms with Crippen LogP contribution >= 0.6 is 0 Å². The van der Waals surface area contributed by atoms with Gasteiger partial charge in [0.25, 0.3) is 0 Å². The summed E-state index contributed by atoms with van der Waals surface area (Å²) in [5.74, 6) is 0.0417. The molecule has 1 aliphatic carbocycles. The molecule has 0 aliphatic heterocycles. The lowest BCUT2D eigenvalue weighted by atomic mass is 10.3. The molecule has 0 spiro atoms. The predicted octanol–water partition coefficient (Wildman–Crippen LogP) is 0.231. The largest absolute Gasteiger partial charge is 0.396 e. The molecule has 0 radical (unpaired) electrons. The molecule has 0 bridgehead atoms. The van der Waals surface area contributed by atoms with Gasteiger partial charge >= 0.3 is 0 Å². The molecule has 0 heterocycles. The highest BCUT2D eigenvalue weighted by atomic mass is 32.2. The molecule has 0 unspecified atom stereocenters. The minimum atomic E-state index is -3.14. The highest BCUT2D eigenvalue weighted by Crippen LogP contribution is 2.18. The van der Waals surface area contributed by atoms with Crippen molar-refractivity contribution in [2.75, 3.05) is 12.4 Å². The molecule has 0 aromatic heterocycles. The molecule has 0 amide bonds. The lowest BCUT2D eigenvalue weighted by Crippen LogP contribution is -2.34. The zero-order valence-corrected chi connectivity index (χ0v) is 8.52. The van der Waals surface area contributed by atoms with Crippen molar-refractivity contribution < 1.29 is 13.5 Å². The molecule has 1 aliphatic rings. The first kappa shape index (κ1) is 10.9. The second-order valence-corrected chi connectivity index (χ2v) is 5.37. The zero-order valence-electron chi connectivity index (χ0n) is 7.70. The second kappa shape index (κ2) is 4.93. The Balaban J connectivity index is 2.32. The van der Waals surface area contributed by atoms with Crippen molar-refractivity contribution in [3.8, 4) is 0 Å². The van der Waals surface area contributed by atoms with E-state index in [0.29, 0.717) is 6.42 Å². The van der Waals surface area contributed by atoms with E-state index in [2.05, 4.69) is 4.72 Å². The van der Waals surface area contributed by atoms with Gasteiger partial charge in [-0.2, -0.15) is 0 Å². The van der Waals surface area contributed by atoms with Gasteiger partial charge in [-0.1, -0.05) is 12.8 Å². The SMILES string of the molecule is O=S(=O)(CCCO)NC1CCCC1. The summed E-state index contributed by atoms with van der Waals surface area (Å²) in [5.41, 5.74) is 0. The number of sulfonamides is 1. The fraction of sp³-hybridized carbons (Fsp3) is 1.00. The predicted molar refractivity (Wildman–Crippen MR) is 50.9 cm³/mol. The average molecular weight is 207 g/mol. The Bertz CT molecular complexity index is 232. The standard InChI is InChI=1S/C8H17NO3S/c10-6-3-7-13(11,12)9-8-4-1-2-5-8/h8-10H,1-7H2. The smallest absolute Gasteiger partial charge is 0.211 e. The summed E-state index contributed by atoms with van der Waals surface area (Å²) in [7, 11) is -3.14. The van der Waals surface area contributed by atoms with Gasteiger partial charge in [-0.3, -0.25) is 0 Å². The van der Waals surface area contributed by atoms with E-state index in [0.717, 1.165) is 25.7 Å². The number of aliphatic hydroxyl groups excluding tert-OH is 1. The van der Waals surface area contributed by atoms with Crippen molar-refractivity contribution in [2.24, 2.45) is 0 Å². The topological polar surface area (TPSA) is 66.4 Å². The van der Waals surface area contributed by atoms with Crippen LogP contribution in [0.5, 0.6) is 0 Å². The van der Waals surface area contributed by atoms with Crippen LogP contribution < -0.4 is 4.72 Å². The number of hydrogen-bond acceptors (Lipinski definition) is 3. The average Bonchev–Trinajstić information content (AvgIpc) is 2.52. The maximum Gasteiger partial charge on any atom is 0.211 e. The molecule has 0 aromatic rings. The second-order valence-electron chi connectivity index (χ2n) is 3.50. The van der Waals surface area contributed by atoms with Gasteiger partial charge in [-0.05, 0) is 19.3 Å². The molecule has 1 fully saturated rings. The van der Waals surface area contributed by atoms with Crippen LogP contribution in [0.15, 0.2) is 0 Å². The minimum absolute atomic E-state index is 0.0417. The lowest BCUT2D eigenvalue weighted by Gasteiger charge is -2.11. The van der Waals surface area contributed by atoms with Crippen LogP contribution in [-0.2, 0) is 10.0 Å². The van der Waals surface area contributed by atoms with E-state index in [1.165, 1.54) is 0 Å². The fourth-order valence-corrected chi connectivity index (χ4v) is 2.98. The van der Waals surface area contributed by atoms with E-state index in [9.17, 15) is 8.42 Å². The summed E-state index contributed by atoms with van der Waals surface area (Å²) in [5, 5.41) is 8.50. The van der Waals surface area contributed by atoms with E-state index in [1.807, 2.05) is 0 Å². The lowest BCUT2D eigenvalue weighted by molar-refractivity contribution is 0.295. The van der Waals surface area contributed by atoms with Crippen LogP contribution in [-0.4, -0.2) is 31.9 Å². The van der Waals surface area contributed by atoms with Crippen molar-refractivity contribution in [2.45, 2.75) is 38.1 Å². The summed E-state index contributed by atoms with van der Waals surface area (Å²) in [4.78, 5) is 0. The van der Waals surface area contributed by atoms with Crippen molar-refractivity contribution in [1.29, 1.82) is 0 Å². The summed E-state index contributed by atoms with van der Waals surface area (Å²) in [6, 6.07) is 0.142. The van der Waals surface area contributed by atoms with Gasteiger partial charge in [0, 0.05) is 12.6 Å². The highest BCUT2D eigenvalue weighted by molar-refractivity contribution is 7.89. The van der Waals surface area contributed by atoms with E-state index in [1.54, 1.807) is 0 Å². The van der Waals surface area contributed by atoms with Gasteiger partial charge in [-0.15, -0.1) is 0 Å². The number of aliphatic hydroxyl groups is 1. The zero-order chi connectivity index (χ0) is 9.73. The van der Waals surface area contributed by atoms with Gasteiger partial charge in [0.05, 0.1) is 5.75 Å². The van der Waals surface area contributed by atoms with Crippen LogP contribution in [0, 0.1) is 0 Å². The number of rotatable bonds is 5. The van der Waals surface area contributed by atoms with Gasteiger partial charge < -0.3 is 5.11 Å². The molecule has 1 saturated carbocycles. The quantitative estimate of drug-likeness (QED) is 0.678. The Hall–Kier alpha value is -0.130. The van der Waals surface area contributed by atoms with E-state index >= 15 is 0 Å². The van der Waals surface area contributed by atoms with E-state index in [4.69, 9.17) is 5.11 Å². The Morgan fingerprint density at radius 2 is 1.92 bits per heavy atom. The Morgan fingerprint density at radius 3 is 2.46 bits per heavy atom. The van der Waals surface area contributed by atoms with Gasteiger partial charge in [0.15, 0.2) is 0 Å². The summed E-state index contributed by atoms with van der Waals surface area (Å²) < 4.78 is 25.3. The van der Waals surface area contributed by atoms with Crippen LogP contribution in [0.3, 0.4) is 0 Å². The van der Waals surface area contributed by atoms with Gasteiger partial charge in [-0.25, -0.2) is 13.1 Å². The molecule has 0 atom stereocenters. The normalized spacial score (nSPS) is 19.5. The molecule has 2 N–H and O–H groups in total. The summed E-state index contributed by atoms with van der Waals surface area (Å²) in [6.07, 6.45) is 4.47. The minimum Gasteiger partial charge on any atom is -0.396 e. The monoisotopic (exact) mass is 207 g/mol. The third-order valence-electron chi connectivity index (χ3n) is 2.27. The summed E-state index contributed by atoms with van der Waals surface area (Å²) >= 11 is 0. The van der Waals surface area contributed by atoms with Gasteiger partial charge in [0.1, 0.15) is 0 Å². The maximum absolute atomic E-state index is 11.3. The molecule has 4 nitrogen and oxygen atoms in total. The number of nitrogens with one attached hydrogen (secondary N) is 1. The molecular formula is C8H17NO3S. The highest BCUT2D eigenvalue weighted by Gasteiger charge is 2.20. The third-order valence-corrected chi connectivity index (χ3v) is 3.79. The van der Waals surface area contributed by atoms with Crippen LogP contribution in [0.25, 0.3) is 0 Å². The molecular weight excluding hydrogens is 190 g/mol. The molecule has 1 rings (SSSR count). The van der Waals surface area contributed by atoms with Crippen LogP contribution in [0.1, 0.15) is 32.1 Å². The van der Waals surface area contributed by atoms with Gasteiger partial charge in [0.2, 0.25) is 10.0 Å². The molecule has 0 saturated heterocycles. The molecule has 5 heteroatoms. The van der Waals surface area contributed by atoms with Crippen molar-refractivity contribution >= 4 is 10.0 Å².